The van der Waals surface area contributed by atoms with Gasteiger partial charge < -0.3 is 5.11 Å². The maximum atomic E-state index is 10.9. The van der Waals surface area contributed by atoms with Crippen LogP contribution >= 0.6 is 0 Å². The summed E-state index contributed by atoms with van der Waals surface area (Å²) < 4.78 is 1.32. The largest absolute Gasteiger partial charge is 0.480 e. The van der Waals surface area contributed by atoms with E-state index >= 15 is 0 Å². The van der Waals surface area contributed by atoms with Gasteiger partial charge in [0.15, 0.2) is 5.82 Å². The first-order valence-electron chi connectivity index (χ1n) is 6.92. The highest BCUT2D eigenvalue weighted by atomic mass is 16.4. The number of nitrogens with zero attached hydrogens (tertiary/aromatic N) is 4. The van der Waals surface area contributed by atoms with E-state index in [1.165, 1.54) is 15.8 Å². The molecule has 22 heavy (non-hydrogen) atoms. The predicted octanol–water partition coefficient (Wildman–Crippen LogP) is 2.00. The van der Waals surface area contributed by atoms with E-state index in [1.807, 2.05) is 24.3 Å². The monoisotopic (exact) mass is 292 g/mol. The topological polar surface area (TPSA) is 80.9 Å². The molecule has 0 saturated carbocycles. The fourth-order valence-corrected chi connectivity index (χ4v) is 3.00. The molecule has 1 aliphatic carbocycles. The summed E-state index contributed by atoms with van der Waals surface area (Å²) in [5.74, 6) is -0.475. The number of tetrazole rings is 1. The van der Waals surface area contributed by atoms with Crippen LogP contribution in [0.3, 0.4) is 0 Å². The molecule has 0 spiro atoms. The van der Waals surface area contributed by atoms with E-state index in [1.54, 1.807) is 0 Å². The van der Waals surface area contributed by atoms with E-state index in [2.05, 4.69) is 33.7 Å². The number of rotatable bonds is 3. The second-order valence-electron chi connectivity index (χ2n) is 5.22. The van der Waals surface area contributed by atoms with Crippen LogP contribution in [-0.4, -0.2) is 31.3 Å². The lowest BCUT2D eigenvalue weighted by atomic mass is 10.0. The fraction of sp³-hybridized carbons (Fsp3) is 0.125. The lowest BCUT2D eigenvalue weighted by molar-refractivity contribution is -0.137. The van der Waals surface area contributed by atoms with Crippen molar-refractivity contribution < 1.29 is 9.90 Å². The highest BCUT2D eigenvalue weighted by Gasteiger charge is 2.23. The van der Waals surface area contributed by atoms with E-state index in [0.717, 1.165) is 23.1 Å². The molecule has 0 amide bonds. The van der Waals surface area contributed by atoms with Crippen LogP contribution in [0.4, 0.5) is 0 Å². The maximum Gasteiger partial charge on any atom is 0.325 e. The molecule has 1 aromatic heterocycles. The zero-order valence-electron chi connectivity index (χ0n) is 11.6. The summed E-state index contributed by atoms with van der Waals surface area (Å²) in [4.78, 5) is 10.9. The summed E-state index contributed by atoms with van der Waals surface area (Å²) in [6, 6.07) is 14.2. The molecular formula is C16H12N4O2. The number of fused-ring (bicyclic) bond motifs is 3. The predicted molar refractivity (Wildman–Crippen MR) is 79.1 cm³/mol. The summed E-state index contributed by atoms with van der Waals surface area (Å²) >= 11 is 0. The smallest absolute Gasteiger partial charge is 0.325 e. The molecule has 1 N–H and O–H groups in total. The highest BCUT2D eigenvalue weighted by molar-refractivity contribution is 5.83. The van der Waals surface area contributed by atoms with E-state index in [4.69, 9.17) is 5.11 Å². The Hall–Kier alpha value is -3.02. The van der Waals surface area contributed by atoms with Crippen molar-refractivity contribution in [3.63, 3.8) is 0 Å². The lowest BCUT2D eigenvalue weighted by Crippen LogP contribution is -2.12. The first-order chi connectivity index (χ1) is 10.7. The Morgan fingerprint density at radius 2 is 1.86 bits per heavy atom. The molecule has 0 saturated heterocycles. The molecule has 0 fully saturated rings. The van der Waals surface area contributed by atoms with Gasteiger partial charge in [-0.2, -0.15) is 0 Å². The lowest BCUT2D eigenvalue weighted by Gasteiger charge is -2.07. The van der Waals surface area contributed by atoms with E-state index < -0.39 is 5.97 Å². The number of carboxylic acids is 1. The van der Waals surface area contributed by atoms with Gasteiger partial charge in [0.2, 0.25) is 0 Å². The van der Waals surface area contributed by atoms with E-state index in [9.17, 15) is 4.79 Å². The molecule has 6 heteroatoms. The Morgan fingerprint density at radius 1 is 1.09 bits per heavy atom. The zero-order valence-corrected chi connectivity index (χ0v) is 11.6. The number of aromatic nitrogens is 4. The fourth-order valence-electron chi connectivity index (χ4n) is 3.00. The van der Waals surface area contributed by atoms with Gasteiger partial charge in [-0.15, -0.1) is 5.10 Å². The van der Waals surface area contributed by atoms with Gasteiger partial charge in [-0.05, 0) is 39.1 Å². The standard InChI is InChI=1S/C16H12N4O2/c21-15(22)9-20-16(17-18-19-20)13-7-3-6-12-11-5-2-1-4-10(11)8-14(12)13/h1-7H,8-9H2,(H,21,22). The van der Waals surface area contributed by atoms with Gasteiger partial charge in [-0.1, -0.05) is 42.5 Å². The quantitative estimate of drug-likeness (QED) is 0.624. The summed E-state index contributed by atoms with van der Waals surface area (Å²) in [5, 5.41) is 20.4. The van der Waals surface area contributed by atoms with Gasteiger partial charge in [0.25, 0.3) is 0 Å². The second-order valence-corrected chi connectivity index (χ2v) is 5.22. The van der Waals surface area contributed by atoms with Crippen molar-refractivity contribution in [3.8, 4) is 22.5 Å². The SMILES string of the molecule is O=C(O)Cn1nnnc1-c1cccc2c1Cc1ccccc1-2. The minimum Gasteiger partial charge on any atom is -0.480 e. The molecule has 0 atom stereocenters. The molecule has 0 bridgehead atoms. The molecule has 1 heterocycles. The third kappa shape index (κ3) is 1.88. The third-order valence-electron chi connectivity index (χ3n) is 3.91. The Bertz CT molecular complexity index is 885. The zero-order chi connectivity index (χ0) is 15.1. The Labute approximate surface area is 126 Å². The van der Waals surface area contributed by atoms with Crippen molar-refractivity contribution in [2.24, 2.45) is 0 Å². The molecular weight excluding hydrogens is 280 g/mol. The minimum absolute atomic E-state index is 0.251. The van der Waals surface area contributed by atoms with Gasteiger partial charge in [0, 0.05) is 5.56 Å². The molecule has 0 aliphatic heterocycles. The molecule has 108 valence electrons. The normalized spacial score (nSPS) is 12.0. The summed E-state index contributed by atoms with van der Waals surface area (Å²) in [7, 11) is 0. The number of aliphatic carboxylic acids is 1. The van der Waals surface area contributed by atoms with Crippen molar-refractivity contribution in [1.29, 1.82) is 0 Å². The molecule has 3 aromatic rings. The van der Waals surface area contributed by atoms with Crippen LogP contribution < -0.4 is 0 Å². The Morgan fingerprint density at radius 3 is 2.73 bits per heavy atom. The number of carboxylic acid groups (broad SMARTS) is 1. The molecule has 0 unspecified atom stereocenters. The Kier molecular flexibility index (Phi) is 2.75. The summed E-state index contributed by atoms with van der Waals surface area (Å²) in [5.41, 5.74) is 5.68. The average Bonchev–Trinajstić information content (AvgIpc) is 3.10. The minimum atomic E-state index is -0.968. The van der Waals surface area contributed by atoms with Crippen LogP contribution in [0.5, 0.6) is 0 Å². The summed E-state index contributed by atoms with van der Waals surface area (Å²) in [6.07, 6.45) is 0.807. The maximum absolute atomic E-state index is 10.9. The van der Waals surface area contributed by atoms with Gasteiger partial charge in [0.05, 0.1) is 0 Å². The number of hydrogen-bond donors (Lipinski definition) is 1. The third-order valence-corrected chi connectivity index (χ3v) is 3.91. The van der Waals surface area contributed by atoms with Crippen molar-refractivity contribution in [2.45, 2.75) is 13.0 Å². The van der Waals surface area contributed by atoms with Crippen LogP contribution in [0.1, 0.15) is 11.1 Å². The number of carbonyl (C=O) groups is 1. The summed E-state index contributed by atoms with van der Waals surface area (Å²) in [6.45, 7) is -0.251. The van der Waals surface area contributed by atoms with Crippen molar-refractivity contribution >= 4 is 5.97 Å². The van der Waals surface area contributed by atoms with Crippen LogP contribution in [0.15, 0.2) is 42.5 Å². The molecule has 4 rings (SSSR count). The van der Waals surface area contributed by atoms with Gasteiger partial charge >= 0.3 is 5.97 Å². The number of benzene rings is 2. The first-order valence-corrected chi connectivity index (χ1v) is 6.92. The van der Waals surface area contributed by atoms with Gasteiger partial charge in [0.1, 0.15) is 6.54 Å². The first kappa shape index (κ1) is 12.7. The van der Waals surface area contributed by atoms with E-state index in [-0.39, 0.29) is 6.54 Å². The van der Waals surface area contributed by atoms with Crippen molar-refractivity contribution in [2.75, 3.05) is 0 Å². The molecule has 0 radical (unpaired) electrons. The van der Waals surface area contributed by atoms with E-state index in [0.29, 0.717) is 5.82 Å². The molecule has 1 aliphatic rings. The van der Waals surface area contributed by atoms with Crippen LogP contribution in [0.2, 0.25) is 0 Å². The van der Waals surface area contributed by atoms with Crippen LogP contribution in [-0.2, 0) is 17.8 Å². The van der Waals surface area contributed by atoms with Crippen molar-refractivity contribution in [3.05, 3.63) is 53.6 Å². The molecule has 6 nitrogen and oxygen atoms in total. The second kappa shape index (κ2) is 4.77. The highest BCUT2D eigenvalue weighted by Crippen LogP contribution is 2.40. The number of hydrogen-bond acceptors (Lipinski definition) is 4. The van der Waals surface area contributed by atoms with Gasteiger partial charge in [-0.25, -0.2) is 4.68 Å². The van der Waals surface area contributed by atoms with Crippen LogP contribution in [0.25, 0.3) is 22.5 Å². The van der Waals surface area contributed by atoms with Gasteiger partial charge in [-0.3, -0.25) is 4.79 Å². The van der Waals surface area contributed by atoms with Crippen LogP contribution in [0, 0.1) is 0 Å². The Balaban J connectivity index is 1.87. The molecule has 2 aromatic carbocycles. The average molecular weight is 292 g/mol. The van der Waals surface area contributed by atoms with Crippen molar-refractivity contribution in [1.82, 2.24) is 20.2 Å².